The third kappa shape index (κ3) is 3.04. The average Bonchev–Trinajstić information content (AvgIpc) is 2.84. The molecule has 19 heavy (non-hydrogen) atoms. The Morgan fingerprint density at radius 1 is 1.26 bits per heavy atom. The zero-order valence-electron chi connectivity index (χ0n) is 9.43. The van der Waals surface area contributed by atoms with E-state index in [0.717, 1.165) is 0 Å². The lowest BCUT2D eigenvalue weighted by Gasteiger charge is -2.10. The molecule has 0 aliphatic carbocycles. The van der Waals surface area contributed by atoms with E-state index >= 15 is 0 Å². The molecule has 2 aromatic rings. The van der Waals surface area contributed by atoms with E-state index < -0.39 is 10.0 Å². The van der Waals surface area contributed by atoms with E-state index in [-0.39, 0.29) is 27.2 Å². The van der Waals surface area contributed by atoms with E-state index in [9.17, 15) is 8.42 Å². The summed E-state index contributed by atoms with van der Waals surface area (Å²) in [6, 6.07) is 6.09. The van der Waals surface area contributed by atoms with Crippen molar-refractivity contribution in [1.82, 2.24) is 0 Å². The average molecular weight is 338 g/mol. The minimum Gasteiger partial charge on any atom is -0.391 e. The number of benzene rings is 1. The Hall–Kier alpha value is -0.790. The van der Waals surface area contributed by atoms with Crippen molar-refractivity contribution in [3.8, 4) is 0 Å². The Bertz CT molecular complexity index is 698. The minimum absolute atomic E-state index is 0.0380. The first-order valence-electron chi connectivity index (χ1n) is 5.10. The second kappa shape index (κ2) is 5.68. The van der Waals surface area contributed by atoms with Crippen LogP contribution in [0.3, 0.4) is 0 Å². The van der Waals surface area contributed by atoms with Crippen LogP contribution in [-0.2, 0) is 16.6 Å². The van der Waals surface area contributed by atoms with Crippen LogP contribution >= 0.6 is 34.5 Å². The van der Waals surface area contributed by atoms with Gasteiger partial charge in [-0.1, -0.05) is 29.3 Å². The molecule has 102 valence electrons. The third-order valence-electron chi connectivity index (χ3n) is 2.33. The number of sulfonamides is 1. The van der Waals surface area contributed by atoms with Gasteiger partial charge in [-0.05, 0) is 23.6 Å². The van der Waals surface area contributed by atoms with Crippen LogP contribution in [0.25, 0.3) is 0 Å². The largest absolute Gasteiger partial charge is 0.391 e. The predicted molar refractivity (Wildman–Crippen MR) is 77.5 cm³/mol. The summed E-state index contributed by atoms with van der Waals surface area (Å²) in [5.41, 5.74) is 0.198. The molecular formula is C11H9Cl2NO3S2. The van der Waals surface area contributed by atoms with Crippen LogP contribution in [0, 0.1) is 0 Å². The molecule has 0 atom stereocenters. The Morgan fingerprint density at radius 3 is 2.68 bits per heavy atom. The van der Waals surface area contributed by atoms with Crippen LogP contribution < -0.4 is 4.72 Å². The second-order valence-corrected chi connectivity index (χ2v) is 7.01. The number of aliphatic hydroxyl groups excluding tert-OH is 1. The Balaban J connectivity index is 2.40. The van der Waals surface area contributed by atoms with Crippen molar-refractivity contribution in [2.24, 2.45) is 0 Å². The molecule has 0 spiro atoms. The Kier molecular flexibility index (Phi) is 4.37. The molecule has 1 aromatic heterocycles. The minimum atomic E-state index is -3.79. The number of anilines is 1. The molecule has 4 nitrogen and oxygen atoms in total. The van der Waals surface area contributed by atoms with Crippen molar-refractivity contribution in [3.63, 3.8) is 0 Å². The summed E-state index contributed by atoms with van der Waals surface area (Å²) < 4.78 is 26.7. The summed E-state index contributed by atoms with van der Waals surface area (Å²) in [5.74, 6) is 0. The maximum absolute atomic E-state index is 12.2. The first-order chi connectivity index (χ1) is 8.95. The summed E-state index contributed by atoms with van der Waals surface area (Å²) >= 11 is 12.9. The molecule has 0 aliphatic rings. The topological polar surface area (TPSA) is 66.4 Å². The SMILES string of the molecule is O=S(=O)(Nc1cccc(Cl)c1Cl)c1ccsc1CO. The molecule has 2 rings (SSSR count). The normalized spacial score (nSPS) is 11.5. The lowest BCUT2D eigenvalue weighted by Crippen LogP contribution is -2.14. The van der Waals surface area contributed by atoms with Gasteiger partial charge in [0.15, 0.2) is 0 Å². The highest BCUT2D eigenvalue weighted by Gasteiger charge is 2.20. The van der Waals surface area contributed by atoms with Gasteiger partial charge in [0.05, 0.1) is 27.2 Å². The highest BCUT2D eigenvalue weighted by Crippen LogP contribution is 2.32. The van der Waals surface area contributed by atoms with E-state index in [1.54, 1.807) is 17.5 Å². The van der Waals surface area contributed by atoms with Gasteiger partial charge >= 0.3 is 0 Å². The zero-order valence-corrected chi connectivity index (χ0v) is 12.6. The number of thiophene rings is 1. The van der Waals surface area contributed by atoms with Gasteiger partial charge in [-0.25, -0.2) is 8.42 Å². The van der Waals surface area contributed by atoms with Crippen molar-refractivity contribution >= 4 is 50.2 Å². The Labute approximate surface area is 124 Å². The van der Waals surface area contributed by atoms with Gasteiger partial charge in [0.2, 0.25) is 0 Å². The van der Waals surface area contributed by atoms with Crippen molar-refractivity contribution in [3.05, 3.63) is 44.6 Å². The molecule has 0 bridgehead atoms. The van der Waals surface area contributed by atoms with Crippen LogP contribution in [0.5, 0.6) is 0 Å². The predicted octanol–water partition coefficient (Wildman–Crippen LogP) is 3.35. The summed E-state index contributed by atoms with van der Waals surface area (Å²) in [4.78, 5) is 0.404. The van der Waals surface area contributed by atoms with Crippen LogP contribution in [-0.4, -0.2) is 13.5 Å². The van der Waals surface area contributed by atoms with Gasteiger partial charge in [0.25, 0.3) is 10.0 Å². The molecule has 0 saturated carbocycles. The lowest BCUT2D eigenvalue weighted by molar-refractivity contribution is 0.282. The molecule has 0 radical (unpaired) electrons. The summed E-state index contributed by atoms with van der Waals surface area (Å²) in [7, 11) is -3.79. The highest BCUT2D eigenvalue weighted by atomic mass is 35.5. The summed E-state index contributed by atoms with van der Waals surface area (Å²) in [6.07, 6.45) is 0. The van der Waals surface area contributed by atoms with Crippen molar-refractivity contribution in [2.45, 2.75) is 11.5 Å². The lowest BCUT2D eigenvalue weighted by atomic mass is 10.3. The monoisotopic (exact) mass is 337 g/mol. The summed E-state index contributed by atoms with van der Waals surface area (Å²) in [5, 5.41) is 11.1. The second-order valence-electron chi connectivity index (χ2n) is 3.57. The Morgan fingerprint density at radius 2 is 2.00 bits per heavy atom. The maximum atomic E-state index is 12.2. The van der Waals surface area contributed by atoms with Gasteiger partial charge < -0.3 is 5.11 Å². The van der Waals surface area contributed by atoms with Crippen molar-refractivity contribution in [1.29, 1.82) is 0 Å². The number of rotatable bonds is 4. The molecule has 1 aromatic carbocycles. The molecule has 0 saturated heterocycles. The van der Waals surface area contributed by atoms with E-state index in [1.807, 2.05) is 0 Å². The number of aliphatic hydroxyl groups is 1. The summed E-state index contributed by atoms with van der Waals surface area (Å²) in [6.45, 7) is -0.336. The van der Waals surface area contributed by atoms with Gasteiger partial charge in [0.1, 0.15) is 4.90 Å². The van der Waals surface area contributed by atoms with Crippen LogP contribution in [0.1, 0.15) is 4.88 Å². The van der Waals surface area contributed by atoms with Gasteiger partial charge in [-0.3, -0.25) is 4.72 Å². The number of hydrogen-bond acceptors (Lipinski definition) is 4. The molecule has 0 amide bonds. The van der Waals surface area contributed by atoms with Gasteiger partial charge in [-0.15, -0.1) is 11.3 Å². The fraction of sp³-hybridized carbons (Fsp3) is 0.0909. The third-order valence-corrected chi connectivity index (χ3v) is 5.64. The molecule has 8 heteroatoms. The molecule has 0 fully saturated rings. The fourth-order valence-electron chi connectivity index (χ4n) is 1.47. The van der Waals surface area contributed by atoms with Crippen LogP contribution in [0.4, 0.5) is 5.69 Å². The van der Waals surface area contributed by atoms with Crippen molar-refractivity contribution in [2.75, 3.05) is 4.72 Å². The molecular weight excluding hydrogens is 329 g/mol. The molecule has 1 heterocycles. The van der Waals surface area contributed by atoms with Crippen LogP contribution in [0.2, 0.25) is 10.0 Å². The smallest absolute Gasteiger partial charge is 0.263 e. The first kappa shape index (κ1) is 14.6. The van der Waals surface area contributed by atoms with Crippen LogP contribution in [0.15, 0.2) is 34.5 Å². The molecule has 0 unspecified atom stereocenters. The molecule has 2 N–H and O–H groups in total. The number of halogens is 2. The van der Waals surface area contributed by atoms with Crippen molar-refractivity contribution < 1.29 is 13.5 Å². The van der Waals surface area contributed by atoms with E-state index in [2.05, 4.69) is 4.72 Å². The maximum Gasteiger partial charge on any atom is 0.263 e. The first-order valence-corrected chi connectivity index (χ1v) is 8.21. The number of hydrogen-bond donors (Lipinski definition) is 2. The van der Waals surface area contributed by atoms with E-state index in [4.69, 9.17) is 28.3 Å². The molecule has 0 aliphatic heterocycles. The number of nitrogens with one attached hydrogen (secondary N) is 1. The van der Waals surface area contributed by atoms with Gasteiger partial charge in [0, 0.05) is 0 Å². The van der Waals surface area contributed by atoms with E-state index in [1.165, 1.54) is 23.5 Å². The quantitative estimate of drug-likeness (QED) is 0.898. The highest BCUT2D eigenvalue weighted by molar-refractivity contribution is 7.93. The van der Waals surface area contributed by atoms with E-state index in [0.29, 0.717) is 4.88 Å². The zero-order chi connectivity index (χ0) is 14.0. The standard InChI is InChI=1S/C11H9Cl2NO3S2/c12-7-2-1-3-8(11(7)13)14-19(16,17)10-4-5-18-9(10)6-15/h1-5,14-15H,6H2. The fourth-order valence-corrected chi connectivity index (χ4v) is 4.24. The van der Waals surface area contributed by atoms with Gasteiger partial charge in [-0.2, -0.15) is 0 Å².